The van der Waals surface area contributed by atoms with Crippen molar-refractivity contribution in [1.29, 1.82) is 0 Å². The maximum Gasteiger partial charge on any atom is 0.186 e. The fourth-order valence-corrected chi connectivity index (χ4v) is 9.37. The van der Waals surface area contributed by atoms with Gasteiger partial charge in [-0.25, -0.2) is 0 Å². The van der Waals surface area contributed by atoms with Crippen LogP contribution in [0.15, 0.2) is 0 Å². The molecule has 7 saturated heterocycles. The summed E-state index contributed by atoms with van der Waals surface area (Å²) in [6, 6.07) is 0. The standard InChI is InChI=1S/C42H72O36/c43-1-8-15(44)23(52)30(59)37(73-8)67-3-10-17(46)25(54)32(61)39(75-10)69-5-12-19(48)27(56)34(63)41(77-12)71-7-14-21(50)28(57)35(64)42(78-14)70-6-13-20(49)26(55)33(62)40(76-13)68-4-11-18(47)24(53)31(60)38(74-11)66-2-9-16(45)22(51)29(58)36(65)72-9/h8-65H,1-7H2/t8-,9-,10-,11-,12-,13-,14-,15-,16-,17-,18-,19-,20-,21-,22+,23+,24+,25+,26+,27+,28+,29-,30-,31-,32-,33-,34-,35-,36+,37+,38+,39+,40+,41+,42+/m1/s1. The maximum atomic E-state index is 10.8. The molecule has 36 nitrogen and oxygen atoms in total. The van der Waals surface area contributed by atoms with Crippen molar-refractivity contribution in [1.82, 2.24) is 0 Å². The molecule has 0 radical (unpaired) electrons. The normalized spacial score (nSPS) is 53.5. The lowest BCUT2D eigenvalue weighted by Crippen LogP contribution is -2.63. The third-order valence-electron chi connectivity index (χ3n) is 14.4. The predicted molar refractivity (Wildman–Crippen MR) is 232 cm³/mol. The third-order valence-corrected chi connectivity index (χ3v) is 14.4. The van der Waals surface area contributed by atoms with Gasteiger partial charge >= 0.3 is 0 Å². The molecule has 0 aromatic heterocycles. The monoisotopic (exact) mass is 1150 g/mol. The van der Waals surface area contributed by atoms with E-state index in [4.69, 9.17) is 61.6 Å². The summed E-state index contributed by atoms with van der Waals surface area (Å²) in [6.07, 6.45) is -64.5. The lowest BCUT2D eigenvalue weighted by molar-refractivity contribution is -0.353. The molecular formula is C42H72O36. The smallest absolute Gasteiger partial charge is 0.186 e. The van der Waals surface area contributed by atoms with Gasteiger partial charge in [0.2, 0.25) is 0 Å². The van der Waals surface area contributed by atoms with E-state index in [9.17, 15) is 117 Å². The average Bonchev–Trinajstić information content (AvgIpc) is 3.44. The molecular weight excluding hydrogens is 1080 g/mol. The first-order chi connectivity index (χ1) is 36.8. The Morgan fingerprint density at radius 2 is 0.359 bits per heavy atom. The topological polar surface area (TPSA) is 585 Å². The largest absolute Gasteiger partial charge is 0.394 e. The summed E-state index contributed by atoms with van der Waals surface area (Å²) in [5.74, 6) is 0. The molecule has 0 aliphatic carbocycles. The molecule has 0 bridgehead atoms. The van der Waals surface area contributed by atoms with Crippen molar-refractivity contribution >= 4 is 0 Å². The minimum absolute atomic E-state index is 0.708. The van der Waals surface area contributed by atoms with Gasteiger partial charge in [-0.1, -0.05) is 0 Å². The van der Waals surface area contributed by atoms with Gasteiger partial charge in [0.05, 0.1) is 46.2 Å². The minimum atomic E-state index is -2.05. The van der Waals surface area contributed by atoms with Crippen molar-refractivity contribution in [3.05, 3.63) is 0 Å². The van der Waals surface area contributed by atoms with Crippen LogP contribution >= 0.6 is 0 Å². The molecule has 0 aromatic rings. The van der Waals surface area contributed by atoms with Crippen molar-refractivity contribution in [3.63, 3.8) is 0 Å². The first-order valence-electron chi connectivity index (χ1n) is 24.6. The summed E-state index contributed by atoms with van der Waals surface area (Å²) in [6.45, 7) is -5.47. The van der Waals surface area contributed by atoms with Crippen LogP contribution in [-0.4, -0.2) is 379 Å². The minimum Gasteiger partial charge on any atom is -0.394 e. The van der Waals surface area contributed by atoms with Gasteiger partial charge in [-0.05, 0) is 0 Å². The molecule has 7 aliphatic heterocycles. The van der Waals surface area contributed by atoms with E-state index in [0.717, 1.165) is 0 Å². The van der Waals surface area contributed by atoms with E-state index >= 15 is 0 Å². The van der Waals surface area contributed by atoms with Gasteiger partial charge in [-0.15, -0.1) is 0 Å². The number of aliphatic hydroxyl groups is 23. The number of ether oxygens (including phenoxy) is 13. The molecule has 7 rings (SSSR count). The van der Waals surface area contributed by atoms with Crippen molar-refractivity contribution in [3.8, 4) is 0 Å². The second-order valence-corrected chi connectivity index (χ2v) is 19.8. The molecule has 0 saturated carbocycles. The summed E-state index contributed by atoms with van der Waals surface area (Å²) in [5, 5.41) is 240. The van der Waals surface area contributed by atoms with Crippen LogP contribution in [0.1, 0.15) is 0 Å². The van der Waals surface area contributed by atoms with Gasteiger partial charge < -0.3 is 179 Å². The molecule has 0 spiro atoms. The molecule has 23 N–H and O–H groups in total. The highest BCUT2D eigenvalue weighted by molar-refractivity contribution is 4.97. The van der Waals surface area contributed by atoms with Crippen molar-refractivity contribution in [2.75, 3.05) is 46.2 Å². The van der Waals surface area contributed by atoms with Gasteiger partial charge in [0.1, 0.15) is 171 Å². The molecule has 0 amide bonds. The van der Waals surface area contributed by atoms with Gasteiger partial charge in [-0.2, -0.15) is 0 Å². The number of aliphatic hydroxyl groups excluding tert-OH is 23. The molecule has 0 aromatic carbocycles. The zero-order chi connectivity index (χ0) is 57.3. The van der Waals surface area contributed by atoms with E-state index in [1.54, 1.807) is 0 Å². The number of hydrogen-bond donors (Lipinski definition) is 23. The van der Waals surface area contributed by atoms with Crippen LogP contribution in [0.2, 0.25) is 0 Å². The van der Waals surface area contributed by atoms with Gasteiger partial charge in [0, 0.05) is 0 Å². The molecule has 36 heteroatoms. The van der Waals surface area contributed by atoms with Crippen LogP contribution in [0.5, 0.6) is 0 Å². The highest BCUT2D eigenvalue weighted by Crippen LogP contribution is 2.32. The van der Waals surface area contributed by atoms with E-state index in [1.807, 2.05) is 0 Å². The van der Waals surface area contributed by atoms with Crippen LogP contribution in [0.3, 0.4) is 0 Å². The van der Waals surface area contributed by atoms with Gasteiger partial charge in [0.25, 0.3) is 0 Å². The highest BCUT2D eigenvalue weighted by atomic mass is 16.8. The van der Waals surface area contributed by atoms with E-state index in [-0.39, 0.29) is 0 Å². The molecule has 0 unspecified atom stereocenters. The van der Waals surface area contributed by atoms with Crippen molar-refractivity contribution in [2.24, 2.45) is 0 Å². The average molecular weight is 1150 g/mol. The summed E-state index contributed by atoms with van der Waals surface area (Å²) in [4.78, 5) is 0. The number of hydrogen-bond acceptors (Lipinski definition) is 36. The highest BCUT2D eigenvalue weighted by Gasteiger charge is 2.53. The Labute approximate surface area is 439 Å². The van der Waals surface area contributed by atoms with Crippen LogP contribution in [-0.2, 0) is 61.6 Å². The second kappa shape index (κ2) is 27.5. The van der Waals surface area contributed by atoms with E-state index in [1.165, 1.54) is 0 Å². The summed E-state index contributed by atoms with van der Waals surface area (Å²) < 4.78 is 71.0. The Morgan fingerprint density at radius 1 is 0.192 bits per heavy atom. The Kier molecular flexibility index (Phi) is 22.6. The van der Waals surface area contributed by atoms with Gasteiger partial charge in [0.15, 0.2) is 44.0 Å². The van der Waals surface area contributed by atoms with Crippen LogP contribution < -0.4 is 0 Å². The molecule has 456 valence electrons. The summed E-state index contributed by atoms with van der Waals surface area (Å²) >= 11 is 0. The van der Waals surface area contributed by atoms with Crippen LogP contribution in [0.4, 0.5) is 0 Å². The molecule has 35 atom stereocenters. The fraction of sp³-hybridized carbons (Fsp3) is 1.00. The van der Waals surface area contributed by atoms with E-state index in [0.29, 0.717) is 0 Å². The van der Waals surface area contributed by atoms with E-state index in [2.05, 4.69) is 0 Å². The van der Waals surface area contributed by atoms with Crippen molar-refractivity contribution < 1.29 is 179 Å². The first kappa shape index (κ1) is 64.1. The maximum absolute atomic E-state index is 10.8. The Balaban J connectivity index is 0.899. The zero-order valence-electron chi connectivity index (χ0n) is 40.8. The predicted octanol–water partition coefficient (Wildman–Crippen LogP) is -16.3. The Morgan fingerprint density at radius 3 is 0.564 bits per heavy atom. The molecule has 7 aliphatic rings. The quantitative estimate of drug-likeness (QED) is 0.0571. The summed E-state index contributed by atoms with van der Waals surface area (Å²) in [5.41, 5.74) is 0. The molecule has 7 fully saturated rings. The van der Waals surface area contributed by atoms with Crippen LogP contribution in [0, 0.1) is 0 Å². The lowest BCUT2D eigenvalue weighted by atomic mass is 9.97. The SMILES string of the molecule is OC[C@H]1O[C@H](OC[C@H]2O[C@H](OC[C@H]3O[C@H](OC[C@H]4O[C@H](OC[C@H]5O[C@H](OC[C@H]6O[C@H](OC[C@H]7O[C@H](O)[C@H](O)[C@@H](O)[C@@H]7O)[C@H](O)[C@@H](O)[C@@H]6O)[C@H](O)[C@@H](O)[C@@H]5O)[C@H](O)[C@@H](O)[C@@H]4O)[C@H](O)[C@@H](O)[C@@H]3O)[C@H](O)[C@@H](O)[C@@H]2O)[C@H](O)[C@@H](O)[C@@H]1O. The second-order valence-electron chi connectivity index (χ2n) is 19.8. The molecule has 7 heterocycles. The number of rotatable bonds is 19. The fourth-order valence-electron chi connectivity index (χ4n) is 9.37. The molecule has 78 heavy (non-hydrogen) atoms. The Bertz CT molecular complexity index is 1820. The first-order valence-corrected chi connectivity index (χ1v) is 24.6. The Hall–Kier alpha value is -1.44. The van der Waals surface area contributed by atoms with Crippen molar-refractivity contribution in [2.45, 2.75) is 215 Å². The zero-order valence-corrected chi connectivity index (χ0v) is 40.8. The third kappa shape index (κ3) is 13.9. The summed E-state index contributed by atoms with van der Waals surface area (Å²) in [7, 11) is 0. The van der Waals surface area contributed by atoms with E-state index < -0.39 is 261 Å². The van der Waals surface area contributed by atoms with Gasteiger partial charge in [-0.3, -0.25) is 0 Å². The lowest BCUT2D eigenvalue weighted by Gasteiger charge is -2.45. The van der Waals surface area contributed by atoms with Crippen LogP contribution in [0.25, 0.3) is 0 Å².